The van der Waals surface area contributed by atoms with Gasteiger partial charge in [0.2, 0.25) is 0 Å². The first kappa shape index (κ1) is 13.7. The Hall–Kier alpha value is -0.330. The Morgan fingerprint density at radius 1 is 0.857 bits per heavy atom. The van der Waals surface area contributed by atoms with Crippen LogP contribution in [0.5, 0.6) is 0 Å². The Labute approximate surface area is 90.0 Å². The summed E-state index contributed by atoms with van der Waals surface area (Å²) >= 11 is 0. The topological polar surface area (TPSA) is 12.4 Å². The molecule has 0 aliphatic rings. The van der Waals surface area contributed by atoms with Crippen LogP contribution in [0, 0.1) is 17.8 Å². The van der Waals surface area contributed by atoms with Crippen molar-refractivity contribution in [3.63, 3.8) is 0 Å². The minimum Gasteiger partial charge on any atom is -0.298 e. The largest absolute Gasteiger partial charge is 0.298 e. The number of rotatable bonds is 7. The van der Waals surface area contributed by atoms with Crippen LogP contribution < -0.4 is 0 Å². The lowest BCUT2D eigenvalue weighted by molar-refractivity contribution is 0.359. The van der Waals surface area contributed by atoms with Crippen molar-refractivity contribution in [1.29, 1.82) is 0 Å². The molecule has 14 heavy (non-hydrogen) atoms. The predicted octanol–water partition coefficient (Wildman–Crippen LogP) is 4.17. The molecule has 0 bridgehead atoms. The van der Waals surface area contributed by atoms with Gasteiger partial charge in [0, 0.05) is 6.04 Å². The van der Waals surface area contributed by atoms with Crippen LogP contribution in [0.25, 0.3) is 0 Å². The summed E-state index contributed by atoms with van der Waals surface area (Å²) in [4.78, 5) is 4.23. The fourth-order valence-electron chi connectivity index (χ4n) is 2.15. The zero-order chi connectivity index (χ0) is 11.1. The van der Waals surface area contributed by atoms with Gasteiger partial charge < -0.3 is 0 Å². The average molecular weight is 197 g/mol. The quantitative estimate of drug-likeness (QED) is 0.543. The zero-order valence-electron chi connectivity index (χ0n) is 10.6. The van der Waals surface area contributed by atoms with Gasteiger partial charge in [0.15, 0.2) is 0 Å². The Morgan fingerprint density at radius 3 is 1.71 bits per heavy atom. The number of aliphatic imine (C=N–C) groups is 1. The number of hydrogen-bond acceptors (Lipinski definition) is 1. The van der Waals surface area contributed by atoms with Gasteiger partial charge in [-0.1, -0.05) is 34.6 Å². The van der Waals surface area contributed by atoms with Gasteiger partial charge in [0.25, 0.3) is 0 Å². The van der Waals surface area contributed by atoms with Gasteiger partial charge >= 0.3 is 0 Å². The maximum atomic E-state index is 4.23. The Morgan fingerprint density at radius 2 is 1.36 bits per heavy atom. The molecule has 1 nitrogen and oxygen atoms in total. The van der Waals surface area contributed by atoms with E-state index in [0.717, 1.165) is 17.8 Å². The summed E-state index contributed by atoms with van der Waals surface area (Å²) in [5, 5.41) is 0. The number of nitrogens with zero attached hydrogens (tertiary/aromatic N) is 1. The molecule has 0 rings (SSSR count). The maximum absolute atomic E-state index is 4.23. The fraction of sp³-hybridized carbons (Fsp3) is 0.923. The molecule has 0 amide bonds. The monoisotopic (exact) mass is 197 g/mol. The van der Waals surface area contributed by atoms with Gasteiger partial charge in [-0.25, -0.2) is 0 Å². The normalized spacial score (nSPS) is 15.9. The molecule has 0 fully saturated rings. The lowest BCUT2D eigenvalue weighted by atomic mass is 9.90. The summed E-state index contributed by atoms with van der Waals surface area (Å²) in [6, 6.07) is 0.476. The van der Waals surface area contributed by atoms with Crippen LogP contribution in [0.1, 0.15) is 53.9 Å². The van der Waals surface area contributed by atoms with Crippen molar-refractivity contribution in [3.05, 3.63) is 0 Å². The molecule has 1 heteroatoms. The van der Waals surface area contributed by atoms with Crippen molar-refractivity contribution >= 4 is 6.72 Å². The van der Waals surface area contributed by atoms with E-state index in [4.69, 9.17) is 0 Å². The van der Waals surface area contributed by atoms with E-state index in [-0.39, 0.29) is 0 Å². The van der Waals surface area contributed by atoms with E-state index in [1.54, 1.807) is 0 Å². The van der Waals surface area contributed by atoms with Crippen molar-refractivity contribution < 1.29 is 0 Å². The Balaban J connectivity index is 3.85. The third-order valence-corrected chi connectivity index (χ3v) is 2.55. The minimum absolute atomic E-state index is 0.476. The second kappa shape index (κ2) is 7.03. The summed E-state index contributed by atoms with van der Waals surface area (Å²) < 4.78 is 0. The van der Waals surface area contributed by atoms with Gasteiger partial charge in [0.05, 0.1) is 0 Å². The molecule has 2 unspecified atom stereocenters. The van der Waals surface area contributed by atoms with Crippen molar-refractivity contribution in [2.75, 3.05) is 0 Å². The molecule has 0 radical (unpaired) electrons. The summed E-state index contributed by atoms with van der Waals surface area (Å²) in [6.07, 6.45) is 3.70. The SMILES string of the molecule is C=NC(CC(C)C)CC(C)CC(C)C. The van der Waals surface area contributed by atoms with Crippen LogP contribution in [-0.4, -0.2) is 12.8 Å². The van der Waals surface area contributed by atoms with Crippen LogP contribution >= 0.6 is 0 Å². The van der Waals surface area contributed by atoms with Gasteiger partial charge in [-0.15, -0.1) is 0 Å². The molecule has 0 spiro atoms. The highest BCUT2D eigenvalue weighted by Crippen LogP contribution is 2.21. The first-order valence-corrected chi connectivity index (χ1v) is 5.91. The maximum Gasteiger partial charge on any atom is 0.0497 e. The smallest absolute Gasteiger partial charge is 0.0497 e. The second-order valence-electron chi connectivity index (χ2n) is 5.44. The molecule has 0 saturated carbocycles. The molecule has 0 heterocycles. The molecule has 0 N–H and O–H groups in total. The molecular weight excluding hydrogens is 170 g/mol. The van der Waals surface area contributed by atoms with Gasteiger partial charge in [0.1, 0.15) is 0 Å². The van der Waals surface area contributed by atoms with Crippen LogP contribution in [0.2, 0.25) is 0 Å². The van der Waals surface area contributed by atoms with Gasteiger partial charge in [-0.05, 0) is 43.7 Å². The Bertz CT molecular complexity index is 149. The van der Waals surface area contributed by atoms with Crippen molar-refractivity contribution in [3.8, 4) is 0 Å². The first-order valence-electron chi connectivity index (χ1n) is 5.91. The molecule has 0 aromatic carbocycles. The van der Waals surface area contributed by atoms with Crippen LogP contribution in [0.4, 0.5) is 0 Å². The molecular formula is C13H27N. The zero-order valence-corrected chi connectivity index (χ0v) is 10.6. The Kier molecular flexibility index (Phi) is 6.86. The van der Waals surface area contributed by atoms with Gasteiger partial charge in [-0.3, -0.25) is 4.99 Å². The first-order chi connectivity index (χ1) is 6.45. The minimum atomic E-state index is 0.476. The second-order valence-corrected chi connectivity index (χ2v) is 5.44. The summed E-state index contributed by atoms with van der Waals surface area (Å²) in [6.45, 7) is 15.1. The predicted molar refractivity (Wildman–Crippen MR) is 66.0 cm³/mol. The highest BCUT2D eigenvalue weighted by Gasteiger charge is 2.13. The third-order valence-electron chi connectivity index (χ3n) is 2.55. The van der Waals surface area contributed by atoms with Crippen LogP contribution in [0.15, 0.2) is 4.99 Å². The van der Waals surface area contributed by atoms with Crippen molar-refractivity contribution in [1.82, 2.24) is 0 Å². The number of hydrogen-bond donors (Lipinski definition) is 0. The van der Waals surface area contributed by atoms with Crippen LogP contribution in [-0.2, 0) is 0 Å². The summed E-state index contributed by atoms with van der Waals surface area (Å²) in [7, 11) is 0. The molecule has 84 valence electrons. The van der Waals surface area contributed by atoms with E-state index in [0.29, 0.717) is 6.04 Å². The van der Waals surface area contributed by atoms with E-state index in [2.05, 4.69) is 46.3 Å². The van der Waals surface area contributed by atoms with E-state index >= 15 is 0 Å². The standard InChI is InChI=1S/C13H27N/c1-10(2)7-12(5)9-13(14-6)8-11(3)4/h10-13H,6-9H2,1-5H3. The van der Waals surface area contributed by atoms with Crippen molar-refractivity contribution in [2.45, 2.75) is 59.9 Å². The van der Waals surface area contributed by atoms with Crippen LogP contribution in [0.3, 0.4) is 0 Å². The lowest BCUT2D eigenvalue weighted by Crippen LogP contribution is -2.13. The van der Waals surface area contributed by atoms with E-state index in [9.17, 15) is 0 Å². The molecule has 0 saturated heterocycles. The molecule has 0 aliphatic carbocycles. The molecule has 0 aliphatic heterocycles. The average Bonchev–Trinajstić information content (AvgIpc) is 2.00. The molecule has 0 aromatic heterocycles. The lowest BCUT2D eigenvalue weighted by Gasteiger charge is -2.20. The highest BCUT2D eigenvalue weighted by atomic mass is 14.7. The summed E-state index contributed by atoms with van der Waals surface area (Å²) in [5.41, 5.74) is 0. The fourth-order valence-corrected chi connectivity index (χ4v) is 2.15. The highest BCUT2D eigenvalue weighted by molar-refractivity contribution is 5.24. The van der Waals surface area contributed by atoms with Gasteiger partial charge in [-0.2, -0.15) is 0 Å². The van der Waals surface area contributed by atoms with Crippen molar-refractivity contribution in [2.24, 2.45) is 22.7 Å². The molecule has 0 aromatic rings. The van der Waals surface area contributed by atoms with E-state index in [1.807, 2.05) is 0 Å². The van der Waals surface area contributed by atoms with E-state index in [1.165, 1.54) is 19.3 Å². The van der Waals surface area contributed by atoms with E-state index < -0.39 is 0 Å². The summed E-state index contributed by atoms with van der Waals surface area (Å²) in [5.74, 6) is 2.32. The molecule has 2 atom stereocenters. The third kappa shape index (κ3) is 7.11.